The van der Waals surface area contributed by atoms with Crippen LogP contribution in [0.4, 0.5) is 0 Å². The van der Waals surface area contributed by atoms with E-state index in [-0.39, 0.29) is 29.2 Å². The summed E-state index contributed by atoms with van der Waals surface area (Å²) in [6.07, 6.45) is 1.46. The molecule has 1 saturated carbocycles. The van der Waals surface area contributed by atoms with Crippen molar-refractivity contribution < 1.29 is 14.4 Å². The Labute approximate surface area is 139 Å². The fraction of sp³-hybridized carbons (Fsp3) is 0.833. The van der Waals surface area contributed by atoms with Gasteiger partial charge in [0.2, 0.25) is 17.7 Å². The van der Waals surface area contributed by atoms with Gasteiger partial charge in [-0.1, -0.05) is 41.5 Å². The third-order valence-corrected chi connectivity index (χ3v) is 5.86. The fourth-order valence-corrected chi connectivity index (χ4v) is 4.24. The summed E-state index contributed by atoms with van der Waals surface area (Å²) in [4.78, 5) is 37.6. The molecule has 2 N–H and O–H groups in total. The maximum atomic E-state index is 13.0. The zero-order valence-corrected chi connectivity index (χ0v) is 15.4. The molecule has 1 aliphatic heterocycles. The van der Waals surface area contributed by atoms with E-state index < -0.39 is 16.2 Å². The van der Waals surface area contributed by atoms with Gasteiger partial charge in [-0.2, -0.15) is 0 Å². The average molecular weight is 322 g/mol. The number of carbonyl (C=O) groups is 3. The Kier molecular flexibility index (Phi) is 3.94. The van der Waals surface area contributed by atoms with Crippen molar-refractivity contribution in [1.29, 1.82) is 0 Å². The van der Waals surface area contributed by atoms with E-state index in [4.69, 9.17) is 0 Å². The number of amides is 3. The summed E-state index contributed by atoms with van der Waals surface area (Å²) in [5.41, 5.74) is -2.10. The monoisotopic (exact) mass is 322 g/mol. The van der Waals surface area contributed by atoms with E-state index in [1.807, 2.05) is 27.7 Å². The first-order valence-electron chi connectivity index (χ1n) is 8.39. The normalized spacial score (nSPS) is 38.7. The first-order valence-corrected chi connectivity index (χ1v) is 8.39. The molecule has 0 aromatic heterocycles. The van der Waals surface area contributed by atoms with Crippen LogP contribution in [0.15, 0.2) is 0 Å². The van der Waals surface area contributed by atoms with Crippen LogP contribution in [0, 0.1) is 21.7 Å². The summed E-state index contributed by atoms with van der Waals surface area (Å²) in [6.45, 7) is 13.8. The molecular weight excluding hydrogens is 292 g/mol. The molecule has 1 aliphatic carbocycles. The average Bonchev–Trinajstić information content (AvgIpc) is 2.34. The Morgan fingerprint density at radius 1 is 1.04 bits per heavy atom. The van der Waals surface area contributed by atoms with Crippen LogP contribution in [-0.4, -0.2) is 23.8 Å². The van der Waals surface area contributed by atoms with E-state index in [1.165, 1.54) is 0 Å². The van der Waals surface area contributed by atoms with Gasteiger partial charge in [0.15, 0.2) is 0 Å². The van der Waals surface area contributed by atoms with E-state index in [0.29, 0.717) is 19.3 Å². The highest BCUT2D eigenvalue weighted by molar-refractivity contribution is 6.04. The van der Waals surface area contributed by atoms with Crippen LogP contribution in [0.25, 0.3) is 0 Å². The third-order valence-electron chi connectivity index (χ3n) is 5.86. The van der Waals surface area contributed by atoms with Gasteiger partial charge in [-0.25, -0.2) is 0 Å². The van der Waals surface area contributed by atoms with Crippen molar-refractivity contribution in [3.05, 3.63) is 0 Å². The molecule has 3 atom stereocenters. The molecular formula is C18H30N2O3. The second-order valence-corrected chi connectivity index (χ2v) is 9.56. The minimum absolute atomic E-state index is 0.0127. The largest absolute Gasteiger partial charge is 0.353 e. The predicted molar refractivity (Wildman–Crippen MR) is 88.4 cm³/mol. The van der Waals surface area contributed by atoms with Gasteiger partial charge in [-0.3, -0.25) is 19.7 Å². The standard InChI is InChI=1S/C18H30N2O3/c1-11(15(2,3)4)19-12(21)16(5)8-17(6)10-18(7,9-16)14(23)20-13(17)22/h11H,8-10H2,1-7H3,(H,19,21)(H,20,22,23)/t11-,16?,17?,18?/m1/s1. The van der Waals surface area contributed by atoms with Crippen LogP contribution >= 0.6 is 0 Å². The van der Waals surface area contributed by atoms with Crippen molar-refractivity contribution >= 4 is 17.7 Å². The molecule has 0 aromatic rings. The molecule has 2 bridgehead atoms. The Morgan fingerprint density at radius 2 is 1.48 bits per heavy atom. The molecule has 0 spiro atoms. The molecule has 130 valence electrons. The lowest BCUT2D eigenvalue weighted by molar-refractivity contribution is -0.164. The molecule has 1 saturated heterocycles. The van der Waals surface area contributed by atoms with Gasteiger partial charge in [-0.05, 0) is 31.6 Å². The minimum Gasteiger partial charge on any atom is -0.353 e. The predicted octanol–water partition coefficient (Wildman–Crippen LogP) is 2.40. The summed E-state index contributed by atoms with van der Waals surface area (Å²) in [5, 5.41) is 5.60. The number of imide groups is 1. The van der Waals surface area contributed by atoms with Gasteiger partial charge in [0.05, 0.1) is 0 Å². The van der Waals surface area contributed by atoms with Gasteiger partial charge >= 0.3 is 0 Å². The molecule has 3 amide bonds. The number of hydrogen-bond donors (Lipinski definition) is 2. The fourth-order valence-electron chi connectivity index (χ4n) is 4.24. The van der Waals surface area contributed by atoms with Crippen molar-refractivity contribution in [2.75, 3.05) is 0 Å². The second-order valence-electron chi connectivity index (χ2n) is 9.56. The number of nitrogens with one attached hydrogen (secondary N) is 2. The van der Waals surface area contributed by atoms with Crippen LogP contribution in [-0.2, 0) is 14.4 Å². The lowest BCUT2D eigenvalue weighted by Gasteiger charge is -2.53. The SMILES string of the molecule is C[C@@H](NC(=O)C1(C)CC2(C)CC(C)(C1)C(=O)NC2=O)C(C)(C)C. The Bertz CT molecular complexity index is 535. The number of hydrogen-bond acceptors (Lipinski definition) is 3. The van der Waals surface area contributed by atoms with Gasteiger partial charge in [-0.15, -0.1) is 0 Å². The highest BCUT2D eigenvalue weighted by Gasteiger charge is 2.60. The van der Waals surface area contributed by atoms with Crippen molar-refractivity contribution in [3.63, 3.8) is 0 Å². The van der Waals surface area contributed by atoms with Crippen molar-refractivity contribution in [1.82, 2.24) is 10.6 Å². The smallest absolute Gasteiger partial charge is 0.232 e. The summed E-state index contributed by atoms with van der Waals surface area (Å²) >= 11 is 0. The van der Waals surface area contributed by atoms with Crippen molar-refractivity contribution in [2.24, 2.45) is 21.7 Å². The Morgan fingerprint density at radius 3 is 1.87 bits per heavy atom. The van der Waals surface area contributed by atoms with Crippen LogP contribution in [0.2, 0.25) is 0 Å². The highest BCUT2D eigenvalue weighted by Crippen LogP contribution is 2.56. The zero-order chi connectivity index (χ0) is 17.8. The van der Waals surface area contributed by atoms with E-state index in [1.54, 1.807) is 0 Å². The van der Waals surface area contributed by atoms with E-state index in [0.717, 1.165) is 0 Å². The van der Waals surface area contributed by atoms with Crippen molar-refractivity contribution in [3.8, 4) is 0 Å². The first-order chi connectivity index (χ1) is 10.2. The quantitative estimate of drug-likeness (QED) is 0.767. The van der Waals surface area contributed by atoms with Gasteiger partial charge in [0.25, 0.3) is 0 Å². The molecule has 2 rings (SSSR count). The van der Waals surface area contributed by atoms with E-state index in [9.17, 15) is 14.4 Å². The second kappa shape index (κ2) is 5.05. The maximum Gasteiger partial charge on any atom is 0.232 e. The van der Waals surface area contributed by atoms with Crippen LogP contribution in [0.5, 0.6) is 0 Å². The molecule has 5 nitrogen and oxygen atoms in total. The summed E-state index contributed by atoms with van der Waals surface area (Å²) in [7, 11) is 0. The molecule has 23 heavy (non-hydrogen) atoms. The van der Waals surface area contributed by atoms with Crippen molar-refractivity contribution in [2.45, 2.75) is 73.8 Å². The topological polar surface area (TPSA) is 75.3 Å². The lowest BCUT2D eigenvalue weighted by Crippen LogP contribution is -2.64. The van der Waals surface area contributed by atoms with Crippen LogP contribution < -0.4 is 10.6 Å². The van der Waals surface area contributed by atoms with Gasteiger partial charge in [0, 0.05) is 22.3 Å². The molecule has 2 unspecified atom stereocenters. The molecule has 0 radical (unpaired) electrons. The zero-order valence-electron chi connectivity index (χ0n) is 15.4. The summed E-state index contributed by atoms with van der Waals surface area (Å²) < 4.78 is 0. The number of fused-ring (bicyclic) bond motifs is 2. The number of rotatable bonds is 2. The number of piperidine rings is 1. The maximum absolute atomic E-state index is 13.0. The molecule has 5 heteroatoms. The minimum atomic E-state index is -0.714. The number of carbonyl (C=O) groups excluding carboxylic acids is 3. The van der Waals surface area contributed by atoms with Crippen LogP contribution in [0.1, 0.15) is 67.7 Å². The van der Waals surface area contributed by atoms with E-state index >= 15 is 0 Å². The third kappa shape index (κ3) is 3.02. The van der Waals surface area contributed by atoms with Crippen LogP contribution in [0.3, 0.4) is 0 Å². The molecule has 0 aromatic carbocycles. The first kappa shape index (κ1) is 18.0. The summed E-state index contributed by atoms with van der Waals surface area (Å²) in [5.74, 6) is -0.551. The van der Waals surface area contributed by atoms with Gasteiger partial charge in [0.1, 0.15) is 0 Å². The van der Waals surface area contributed by atoms with E-state index in [2.05, 4.69) is 31.4 Å². The highest BCUT2D eigenvalue weighted by atomic mass is 16.2. The summed E-state index contributed by atoms with van der Waals surface area (Å²) in [6, 6.07) is 0.0127. The molecule has 1 heterocycles. The molecule has 2 aliphatic rings. The van der Waals surface area contributed by atoms with Gasteiger partial charge < -0.3 is 5.32 Å². The lowest BCUT2D eigenvalue weighted by atomic mass is 9.52. The Hall–Kier alpha value is -1.39. The molecule has 2 fully saturated rings. The Balaban J connectivity index is 2.30.